The lowest BCUT2D eigenvalue weighted by atomic mass is 10.1. The van der Waals surface area contributed by atoms with Gasteiger partial charge >= 0.3 is 0 Å². The normalized spacial score (nSPS) is 12.6. The van der Waals surface area contributed by atoms with Crippen LogP contribution in [0.3, 0.4) is 0 Å². The second-order valence-electron chi connectivity index (χ2n) is 4.07. The Hall–Kier alpha value is -1.56. The van der Waals surface area contributed by atoms with E-state index < -0.39 is 6.04 Å². The maximum Gasteiger partial charge on any atom is 0.249 e. The molecule has 1 heterocycles. The number of aromatic nitrogens is 3. The Balaban J connectivity index is 2.74. The number of nitrogens with zero attached hydrogens (tertiary/aromatic N) is 3. The van der Waals surface area contributed by atoms with Crippen LogP contribution in [0.5, 0.6) is 0 Å². The molecule has 0 aliphatic heterocycles. The predicted octanol–water partition coefficient (Wildman–Crippen LogP) is 0.410. The molecule has 0 saturated heterocycles. The number of nitrogens with one attached hydrogen (secondary N) is 1. The largest absolute Gasteiger partial charge is 0.320 e. The van der Waals surface area contributed by atoms with Gasteiger partial charge in [-0.05, 0) is 19.8 Å². The van der Waals surface area contributed by atoms with Crippen molar-refractivity contribution in [1.82, 2.24) is 15.2 Å². The fraction of sp³-hybridized carbons (Fsp3) is 0.600. The van der Waals surface area contributed by atoms with Gasteiger partial charge in [-0.2, -0.15) is 5.10 Å². The molecule has 0 aliphatic carbocycles. The van der Waals surface area contributed by atoms with Gasteiger partial charge in [0.1, 0.15) is 0 Å². The minimum atomic E-state index is -0.565. The first-order chi connectivity index (χ1) is 7.41. The molecule has 1 aromatic heterocycles. The minimum Gasteiger partial charge on any atom is -0.320 e. The second-order valence-corrected chi connectivity index (χ2v) is 4.07. The number of amides is 1. The van der Waals surface area contributed by atoms with Crippen LogP contribution in [0.25, 0.3) is 0 Å². The number of rotatable bonds is 3. The van der Waals surface area contributed by atoms with Gasteiger partial charge in [-0.25, -0.2) is 4.98 Å². The molecule has 3 N–H and O–H groups in total. The Morgan fingerprint density at radius 2 is 1.88 bits per heavy atom. The van der Waals surface area contributed by atoms with Crippen molar-refractivity contribution in [2.75, 3.05) is 5.32 Å². The van der Waals surface area contributed by atoms with E-state index in [1.807, 2.05) is 20.8 Å². The summed E-state index contributed by atoms with van der Waals surface area (Å²) < 4.78 is 0. The van der Waals surface area contributed by atoms with Gasteiger partial charge < -0.3 is 5.73 Å². The number of hydrogen-bond acceptors (Lipinski definition) is 5. The molecule has 0 unspecified atom stereocenters. The monoisotopic (exact) mass is 223 g/mol. The highest BCUT2D eigenvalue weighted by atomic mass is 16.2. The predicted molar refractivity (Wildman–Crippen MR) is 60.7 cm³/mol. The molecule has 1 rings (SSSR count). The third-order valence-corrected chi connectivity index (χ3v) is 2.35. The summed E-state index contributed by atoms with van der Waals surface area (Å²) in [5.41, 5.74) is 7.17. The van der Waals surface area contributed by atoms with Crippen molar-refractivity contribution >= 4 is 11.9 Å². The molecule has 0 radical (unpaired) electrons. The number of carbonyl (C=O) groups is 1. The summed E-state index contributed by atoms with van der Waals surface area (Å²) >= 11 is 0. The first-order valence-corrected chi connectivity index (χ1v) is 5.16. The van der Waals surface area contributed by atoms with Crippen molar-refractivity contribution in [1.29, 1.82) is 0 Å². The molecule has 1 aromatic rings. The van der Waals surface area contributed by atoms with E-state index in [2.05, 4.69) is 20.5 Å². The van der Waals surface area contributed by atoms with E-state index in [4.69, 9.17) is 5.73 Å². The Morgan fingerprint density at radius 1 is 1.25 bits per heavy atom. The molecule has 0 aromatic carbocycles. The lowest BCUT2D eigenvalue weighted by Gasteiger charge is -2.14. The van der Waals surface area contributed by atoms with Crippen molar-refractivity contribution in [3.05, 3.63) is 11.4 Å². The first kappa shape index (κ1) is 12.5. The number of anilines is 1. The van der Waals surface area contributed by atoms with Gasteiger partial charge in [-0.1, -0.05) is 13.8 Å². The van der Waals surface area contributed by atoms with E-state index in [-0.39, 0.29) is 17.8 Å². The molecule has 1 atom stereocenters. The summed E-state index contributed by atoms with van der Waals surface area (Å²) in [6.45, 7) is 7.37. The summed E-state index contributed by atoms with van der Waals surface area (Å²) in [4.78, 5) is 15.7. The number of aryl methyl sites for hydroxylation is 2. The molecule has 16 heavy (non-hydrogen) atoms. The van der Waals surface area contributed by atoms with Gasteiger partial charge in [-0.15, -0.1) is 5.10 Å². The third kappa shape index (κ3) is 2.96. The first-order valence-electron chi connectivity index (χ1n) is 5.16. The summed E-state index contributed by atoms with van der Waals surface area (Å²) in [7, 11) is 0. The summed E-state index contributed by atoms with van der Waals surface area (Å²) in [5, 5.41) is 10.2. The standard InChI is InChI=1S/C10H17N5O/c1-5(2)8(11)9(16)13-10-12-6(3)7(4)14-15-10/h5,8H,11H2,1-4H3,(H,12,13,15,16)/t8-/m1/s1. The molecule has 6 nitrogen and oxygen atoms in total. The van der Waals surface area contributed by atoms with Crippen LogP contribution in [0.4, 0.5) is 5.95 Å². The van der Waals surface area contributed by atoms with Gasteiger partial charge in [0.25, 0.3) is 0 Å². The van der Waals surface area contributed by atoms with E-state index in [1.165, 1.54) is 0 Å². The average molecular weight is 223 g/mol. The fourth-order valence-electron chi connectivity index (χ4n) is 1.01. The molecule has 0 bridgehead atoms. The summed E-state index contributed by atoms with van der Waals surface area (Å²) in [6.07, 6.45) is 0. The molecular formula is C10H17N5O. The number of hydrogen-bond donors (Lipinski definition) is 2. The molecule has 0 aliphatic rings. The zero-order chi connectivity index (χ0) is 12.3. The maximum atomic E-state index is 11.6. The smallest absolute Gasteiger partial charge is 0.249 e. The highest BCUT2D eigenvalue weighted by molar-refractivity contribution is 5.93. The van der Waals surface area contributed by atoms with Crippen LogP contribution in [0.2, 0.25) is 0 Å². The van der Waals surface area contributed by atoms with Crippen LogP contribution in [-0.4, -0.2) is 27.1 Å². The van der Waals surface area contributed by atoms with Crippen LogP contribution in [0.1, 0.15) is 25.2 Å². The quantitative estimate of drug-likeness (QED) is 0.774. The van der Waals surface area contributed by atoms with Crippen LogP contribution >= 0.6 is 0 Å². The van der Waals surface area contributed by atoms with E-state index >= 15 is 0 Å². The van der Waals surface area contributed by atoms with Gasteiger partial charge in [0.15, 0.2) is 0 Å². The van der Waals surface area contributed by atoms with Crippen molar-refractivity contribution in [2.24, 2.45) is 11.7 Å². The molecule has 6 heteroatoms. The molecule has 0 spiro atoms. The Labute approximate surface area is 94.7 Å². The molecular weight excluding hydrogens is 206 g/mol. The Kier molecular flexibility index (Phi) is 3.89. The van der Waals surface area contributed by atoms with E-state index in [0.29, 0.717) is 0 Å². The van der Waals surface area contributed by atoms with E-state index in [0.717, 1.165) is 11.4 Å². The van der Waals surface area contributed by atoms with Gasteiger partial charge in [-0.3, -0.25) is 10.1 Å². The van der Waals surface area contributed by atoms with Gasteiger partial charge in [0, 0.05) is 0 Å². The fourth-order valence-corrected chi connectivity index (χ4v) is 1.01. The maximum absolute atomic E-state index is 11.6. The number of nitrogens with two attached hydrogens (primary N) is 1. The van der Waals surface area contributed by atoms with Crippen molar-refractivity contribution in [2.45, 2.75) is 33.7 Å². The summed E-state index contributed by atoms with van der Waals surface area (Å²) in [5.74, 6) is -0.0243. The molecule has 0 saturated carbocycles. The third-order valence-electron chi connectivity index (χ3n) is 2.35. The van der Waals surface area contributed by atoms with Gasteiger partial charge in [0.05, 0.1) is 17.4 Å². The van der Waals surface area contributed by atoms with Crippen LogP contribution in [-0.2, 0) is 4.79 Å². The highest BCUT2D eigenvalue weighted by Gasteiger charge is 2.18. The second kappa shape index (κ2) is 4.98. The lowest BCUT2D eigenvalue weighted by molar-refractivity contribution is -0.118. The average Bonchev–Trinajstić information content (AvgIpc) is 2.22. The topological polar surface area (TPSA) is 93.8 Å². The molecule has 88 valence electrons. The molecule has 0 fully saturated rings. The van der Waals surface area contributed by atoms with E-state index in [9.17, 15) is 4.79 Å². The van der Waals surface area contributed by atoms with Gasteiger partial charge in [0.2, 0.25) is 11.9 Å². The van der Waals surface area contributed by atoms with Crippen LogP contribution in [0, 0.1) is 19.8 Å². The zero-order valence-corrected chi connectivity index (χ0v) is 9.98. The summed E-state index contributed by atoms with van der Waals surface area (Å²) in [6, 6.07) is -0.565. The van der Waals surface area contributed by atoms with Crippen LogP contribution in [0.15, 0.2) is 0 Å². The Bertz CT molecular complexity index is 391. The SMILES string of the molecule is Cc1nnc(NC(=O)[C@H](N)C(C)C)nc1C. The van der Waals surface area contributed by atoms with Crippen molar-refractivity contribution < 1.29 is 4.79 Å². The van der Waals surface area contributed by atoms with E-state index in [1.54, 1.807) is 6.92 Å². The minimum absolute atomic E-state index is 0.0690. The van der Waals surface area contributed by atoms with Crippen molar-refractivity contribution in [3.8, 4) is 0 Å². The lowest BCUT2D eigenvalue weighted by Crippen LogP contribution is -2.40. The number of carbonyl (C=O) groups excluding carboxylic acids is 1. The molecule has 1 amide bonds. The zero-order valence-electron chi connectivity index (χ0n) is 9.98. The van der Waals surface area contributed by atoms with Crippen molar-refractivity contribution in [3.63, 3.8) is 0 Å². The Morgan fingerprint density at radius 3 is 2.38 bits per heavy atom. The highest BCUT2D eigenvalue weighted by Crippen LogP contribution is 2.04. The van der Waals surface area contributed by atoms with Crippen LogP contribution < -0.4 is 11.1 Å².